The first-order chi connectivity index (χ1) is 7.86. The van der Waals surface area contributed by atoms with E-state index in [0.717, 1.165) is 18.4 Å². The molecule has 0 aliphatic heterocycles. The predicted molar refractivity (Wildman–Crippen MR) is 62.7 cm³/mol. The van der Waals surface area contributed by atoms with Crippen molar-refractivity contribution in [2.45, 2.75) is 19.4 Å². The first-order valence-electron chi connectivity index (χ1n) is 5.44. The molecule has 2 heteroatoms. The Morgan fingerprint density at radius 3 is 2.69 bits per heavy atom. The molecule has 2 rings (SSSR count). The standard InChI is InChI=1S/C14H14O2/c15-14(13-9-5-2-6-10-13)16-11-12-7-3-1-4-8-12/h1,3-5,7-10H,2,6,11H2. The van der Waals surface area contributed by atoms with Gasteiger partial charge in [0.2, 0.25) is 0 Å². The van der Waals surface area contributed by atoms with Gasteiger partial charge >= 0.3 is 5.97 Å². The summed E-state index contributed by atoms with van der Waals surface area (Å²) in [6.45, 7) is 0.338. The summed E-state index contributed by atoms with van der Waals surface area (Å²) in [5, 5.41) is 0. The van der Waals surface area contributed by atoms with Crippen molar-refractivity contribution in [1.82, 2.24) is 0 Å². The Bertz CT molecular complexity index is 416. The highest BCUT2D eigenvalue weighted by atomic mass is 16.5. The van der Waals surface area contributed by atoms with E-state index in [9.17, 15) is 4.79 Å². The quantitative estimate of drug-likeness (QED) is 0.723. The van der Waals surface area contributed by atoms with Gasteiger partial charge in [-0.3, -0.25) is 0 Å². The third-order valence-corrected chi connectivity index (χ3v) is 2.44. The van der Waals surface area contributed by atoms with Crippen LogP contribution < -0.4 is 0 Å². The monoisotopic (exact) mass is 214 g/mol. The van der Waals surface area contributed by atoms with Crippen LogP contribution in [0.5, 0.6) is 0 Å². The Morgan fingerprint density at radius 1 is 1.19 bits per heavy atom. The molecule has 0 fully saturated rings. The van der Waals surface area contributed by atoms with E-state index < -0.39 is 0 Å². The van der Waals surface area contributed by atoms with Crippen LogP contribution in [-0.4, -0.2) is 5.97 Å². The summed E-state index contributed by atoms with van der Waals surface area (Å²) in [6.07, 6.45) is 7.69. The molecule has 0 saturated heterocycles. The fourth-order valence-corrected chi connectivity index (χ4v) is 1.57. The molecule has 1 aliphatic rings. The number of allylic oxidation sites excluding steroid dienone is 2. The van der Waals surface area contributed by atoms with Crippen molar-refractivity contribution >= 4 is 5.97 Å². The van der Waals surface area contributed by atoms with Crippen LogP contribution in [-0.2, 0) is 16.1 Å². The lowest BCUT2D eigenvalue weighted by Crippen LogP contribution is -2.07. The fourth-order valence-electron chi connectivity index (χ4n) is 1.57. The summed E-state index contributed by atoms with van der Waals surface area (Å²) < 4.78 is 5.21. The van der Waals surface area contributed by atoms with E-state index in [1.165, 1.54) is 0 Å². The van der Waals surface area contributed by atoms with E-state index in [-0.39, 0.29) is 5.97 Å². The molecule has 0 atom stereocenters. The van der Waals surface area contributed by atoms with Gasteiger partial charge in [0.15, 0.2) is 0 Å². The number of carbonyl (C=O) groups is 1. The topological polar surface area (TPSA) is 26.3 Å². The minimum atomic E-state index is -0.236. The van der Waals surface area contributed by atoms with Crippen LogP contribution in [0, 0.1) is 0 Å². The molecule has 1 aromatic carbocycles. The molecule has 16 heavy (non-hydrogen) atoms. The van der Waals surface area contributed by atoms with Crippen LogP contribution >= 0.6 is 0 Å². The lowest BCUT2D eigenvalue weighted by molar-refractivity contribution is -0.139. The lowest BCUT2D eigenvalue weighted by Gasteiger charge is -2.07. The molecule has 0 amide bonds. The number of rotatable bonds is 3. The molecule has 1 aliphatic carbocycles. The van der Waals surface area contributed by atoms with Gasteiger partial charge in [-0.1, -0.05) is 48.6 Å². The van der Waals surface area contributed by atoms with E-state index >= 15 is 0 Å². The Kier molecular flexibility index (Phi) is 3.54. The van der Waals surface area contributed by atoms with Gasteiger partial charge in [0.25, 0.3) is 0 Å². The van der Waals surface area contributed by atoms with Crippen LogP contribution in [0.25, 0.3) is 0 Å². The number of benzene rings is 1. The van der Waals surface area contributed by atoms with Crippen LogP contribution in [0.3, 0.4) is 0 Å². The van der Waals surface area contributed by atoms with Crippen molar-refractivity contribution in [3.8, 4) is 0 Å². The van der Waals surface area contributed by atoms with Crippen LogP contribution in [0.4, 0.5) is 0 Å². The van der Waals surface area contributed by atoms with Gasteiger partial charge in [-0.15, -0.1) is 0 Å². The van der Waals surface area contributed by atoms with Gasteiger partial charge in [-0.2, -0.15) is 0 Å². The SMILES string of the molecule is O=C(OCc1ccccc1)C1=CCCC=C1. The second kappa shape index (κ2) is 5.31. The average molecular weight is 214 g/mol. The highest BCUT2D eigenvalue weighted by Crippen LogP contribution is 2.12. The van der Waals surface area contributed by atoms with E-state index in [1.807, 2.05) is 48.6 Å². The molecule has 0 unspecified atom stereocenters. The van der Waals surface area contributed by atoms with E-state index in [2.05, 4.69) is 0 Å². The molecule has 0 spiro atoms. The minimum Gasteiger partial charge on any atom is -0.457 e. The highest BCUT2D eigenvalue weighted by Gasteiger charge is 2.09. The second-order valence-corrected chi connectivity index (χ2v) is 3.70. The first kappa shape index (κ1) is 10.7. The smallest absolute Gasteiger partial charge is 0.338 e. The Hall–Kier alpha value is -1.83. The molecule has 0 bridgehead atoms. The molecule has 0 radical (unpaired) electrons. The number of carbonyl (C=O) groups excluding carboxylic acids is 1. The van der Waals surface area contributed by atoms with Crippen molar-refractivity contribution in [3.63, 3.8) is 0 Å². The third-order valence-electron chi connectivity index (χ3n) is 2.44. The van der Waals surface area contributed by atoms with E-state index in [1.54, 1.807) is 0 Å². The van der Waals surface area contributed by atoms with Crippen molar-refractivity contribution in [2.24, 2.45) is 0 Å². The van der Waals surface area contributed by atoms with Crippen molar-refractivity contribution in [1.29, 1.82) is 0 Å². The largest absolute Gasteiger partial charge is 0.457 e. The molecular weight excluding hydrogens is 200 g/mol. The maximum Gasteiger partial charge on any atom is 0.338 e. The highest BCUT2D eigenvalue weighted by molar-refractivity contribution is 5.91. The molecule has 2 nitrogen and oxygen atoms in total. The van der Waals surface area contributed by atoms with Crippen molar-refractivity contribution in [3.05, 3.63) is 59.7 Å². The Morgan fingerprint density at radius 2 is 2.00 bits per heavy atom. The number of esters is 1. The summed E-state index contributed by atoms with van der Waals surface area (Å²) in [7, 11) is 0. The molecule has 0 saturated carbocycles. The number of hydrogen-bond acceptors (Lipinski definition) is 2. The molecule has 0 N–H and O–H groups in total. The molecule has 0 aromatic heterocycles. The fraction of sp³-hybridized carbons (Fsp3) is 0.214. The maximum absolute atomic E-state index is 11.6. The van der Waals surface area contributed by atoms with E-state index in [0.29, 0.717) is 12.2 Å². The zero-order valence-electron chi connectivity index (χ0n) is 9.06. The third kappa shape index (κ3) is 2.83. The van der Waals surface area contributed by atoms with Gasteiger partial charge in [-0.05, 0) is 18.4 Å². The lowest BCUT2D eigenvalue weighted by atomic mass is 10.1. The number of hydrogen-bond donors (Lipinski definition) is 0. The second-order valence-electron chi connectivity index (χ2n) is 3.70. The normalized spacial score (nSPS) is 14.4. The summed E-state index contributed by atoms with van der Waals surface area (Å²) in [4.78, 5) is 11.6. The summed E-state index contributed by atoms with van der Waals surface area (Å²) in [5.74, 6) is -0.236. The predicted octanol–water partition coefficient (Wildman–Crippen LogP) is 3.01. The molecule has 82 valence electrons. The molecular formula is C14H14O2. The van der Waals surface area contributed by atoms with Crippen LogP contribution in [0.2, 0.25) is 0 Å². The van der Waals surface area contributed by atoms with Crippen LogP contribution in [0.1, 0.15) is 18.4 Å². The van der Waals surface area contributed by atoms with Crippen molar-refractivity contribution < 1.29 is 9.53 Å². The zero-order chi connectivity index (χ0) is 11.2. The van der Waals surface area contributed by atoms with Gasteiger partial charge in [0.05, 0.1) is 5.57 Å². The van der Waals surface area contributed by atoms with Crippen molar-refractivity contribution in [2.75, 3.05) is 0 Å². The van der Waals surface area contributed by atoms with Gasteiger partial charge < -0.3 is 4.74 Å². The summed E-state index contributed by atoms with van der Waals surface area (Å²) >= 11 is 0. The Balaban J connectivity index is 1.89. The first-order valence-corrected chi connectivity index (χ1v) is 5.44. The van der Waals surface area contributed by atoms with E-state index in [4.69, 9.17) is 4.74 Å². The maximum atomic E-state index is 11.6. The molecule has 0 heterocycles. The van der Waals surface area contributed by atoms with Gasteiger partial charge in [0.1, 0.15) is 6.61 Å². The summed E-state index contributed by atoms with van der Waals surface area (Å²) in [6, 6.07) is 9.69. The van der Waals surface area contributed by atoms with Crippen LogP contribution in [0.15, 0.2) is 54.1 Å². The Labute approximate surface area is 95.2 Å². The summed E-state index contributed by atoms with van der Waals surface area (Å²) in [5.41, 5.74) is 1.68. The van der Waals surface area contributed by atoms with Gasteiger partial charge in [0, 0.05) is 0 Å². The zero-order valence-corrected chi connectivity index (χ0v) is 9.06. The minimum absolute atomic E-state index is 0.236. The molecule has 1 aromatic rings. The number of ether oxygens (including phenoxy) is 1. The average Bonchev–Trinajstić information content (AvgIpc) is 2.38. The van der Waals surface area contributed by atoms with Gasteiger partial charge in [-0.25, -0.2) is 4.79 Å².